The van der Waals surface area contributed by atoms with Crippen molar-refractivity contribution in [2.75, 3.05) is 31.6 Å². The smallest absolute Gasteiger partial charge is 0.303 e. The number of aromatic nitrogens is 2. The van der Waals surface area contributed by atoms with Gasteiger partial charge in [0.15, 0.2) is 0 Å². The highest BCUT2D eigenvalue weighted by Gasteiger charge is 2.25. The molecule has 1 fully saturated rings. The largest absolute Gasteiger partial charge is 0.368 e. The van der Waals surface area contributed by atoms with Crippen LogP contribution in [-0.4, -0.2) is 61.1 Å². The number of nitrogens with zero attached hydrogens (tertiary/aromatic N) is 4. The van der Waals surface area contributed by atoms with E-state index < -0.39 is 22.3 Å². The van der Waals surface area contributed by atoms with E-state index in [1.54, 1.807) is 25.3 Å². The van der Waals surface area contributed by atoms with Gasteiger partial charge in [0.2, 0.25) is 0 Å². The van der Waals surface area contributed by atoms with E-state index in [1.807, 2.05) is 9.62 Å². The molecule has 3 rings (SSSR count). The Balaban J connectivity index is 1.90. The molecular formula is C15H20FN5O3S. The van der Waals surface area contributed by atoms with Crippen molar-refractivity contribution in [2.45, 2.75) is 19.5 Å². The number of carbonyl (C=O) groups excluding carboxylic acids is 1. The number of hydrogen-bond acceptors (Lipinski definition) is 5. The second-order valence-electron chi connectivity index (χ2n) is 5.96. The zero-order chi connectivity index (χ0) is 18.2. The molecule has 0 bridgehead atoms. The minimum absolute atomic E-state index is 0.144. The zero-order valence-corrected chi connectivity index (χ0v) is 14.8. The Morgan fingerprint density at radius 1 is 1.52 bits per heavy atom. The van der Waals surface area contributed by atoms with Crippen LogP contribution in [0.1, 0.15) is 23.7 Å². The quantitative estimate of drug-likeness (QED) is 0.843. The molecule has 25 heavy (non-hydrogen) atoms. The summed E-state index contributed by atoms with van der Waals surface area (Å²) in [5.41, 5.74) is 1.38. The van der Waals surface area contributed by atoms with E-state index in [1.165, 1.54) is 17.8 Å². The van der Waals surface area contributed by atoms with Crippen LogP contribution in [0.15, 0.2) is 24.5 Å². The number of carbonyl (C=O) groups is 1. The van der Waals surface area contributed by atoms with Crippen molar-refractivity contribution in [1.29, 1.82) is 0 Å². The Hall–Kier alpha value is -2.20. The van der Waals surface area contributed by atoms with Crippen LogP contribution in [0.2, 0.25) is 0 Å². The Morgan fingerprint density at radius 3 is 2.92 bits per heavy atom. The summed E-state index contributed by atoms with van der Waals surface area (Å²) in [5.74, 6) is -0.753. The van der Waals surface area contributed by atoms with Crippen LogP contribution >= 0.6 is 0 Å². The summed E-state index contributed by atoms with van der Waals surface area (Å²) in [6.45, 7) is 2.81. The first-order valence-electron chi connectivity index (χ1n) is 7.96. The number of halogens is 1. The van der Waals surface area contributed by atoms with Crippen molar-refractivity contribution in [3.05, 3.63) is 30.1 Å². The van der Waals surface area contributed by atoms with E-state index in [9.17, 15) is 17.6 Å². The van der Waals surface area contributed by atoms with Crippen LogP contribution in [-0.2, 0) is 10.2 Å². The van der Waals surface area contributed by atoms with E-state index in [0.29, 0.717) is 25.0 Å². The van der Waals surface area contributed by atoms with E-state index in [2.05, 4.69) is 5.10 Å². The number of pyridine rings is 1. The fraction of sp³-hybridized carbons (Fsp3) is 0.467. The lowest BCUT2D eigenvalue weighted by molar-refractivity contribution is 0.0981. The molecule has 0 radical (unpaired) electrons. The van der Waals surface area contributed by atoms with Gasteiger partial charge in [0, 0.05) is 38.6 Å². The number of hydrogen-bond donors (Lipinski definition) is 1. The minimum atomic E-state index is -3.90. The molecule has 10 heteroatoms. The van der Waals surface area contributed by atoms with Crippen molar-refractivity contribution >= 4 is 27.3 Å². The second-order valence-corrected chi connectivity index (χ2v) is 7.73. The van der Waals surface area contributed by atoms with Crippen molar-refractivity contribution in [2.24, 2.45) is 0 Å². The first kappa shape index (κ1) is 17.6. The topological polar surface area (TPSA) is 87.0 Å². The van der Waals surface area contributed by atoms with E-state index in [-0.39, 0.29) is 12.1 Å². The summed E-state index contributed by atoms with van der Waals surface area (Å²) in [6, 6.07) is 3.51. The number of nitrogens with one attached hydrogen (secondary N) is 1. The normalized spacial score (nSPS) is 18.2. The van der Waals surface area contributed by atoms with Crippen molar-refractivity contribution in [3.63, 3.8) is 0 Å². The predicted molar refractivity (Wildman–Crippen MR) is 91.6 cm³/mol. The number of alkyl halides is 1. The molecule has 1 aliphatic rings. The Labute approximate surface area is 145 Å². The molecule has 2 aromatic rings. The first-order chi connectivity index (χ1) is 11.8. The summed E-state index contributed by atoms with van der Waals surface area (Å²) in [6.07, 6.45) is 2.59. The molecule has 0 aromatic carbocycles. The van der Waals surface area contributed by atoms with Crippen LogP contribution in [0.3, 0.4) is 0 Å². The van der Waals surface area contributed by atoms with Crippen LogP contribution < -0.4 is 9.62 Å². The lowest BCUT2D eigenvalue weighted by atomic mass is 10.2. The molecule has 0 aliphatic carbocycles. The van der Waals surface area contributed by atoms with Crippen molar-refractivity contribution in [1.82, 2.24) is 18.6 Å². The predicted octanol–water partition coefficient (Wildman–Crippen LogP) is 0.809. The average Bonchev–Trinajstić information content (AvgIpc) is 3.18. The van der Waals surface area contributed by atoms with Crippen LogP contribution in [0.25, 0.3) is 5.52 Å². The summed E-state index contributed by atoms with van der Waals surface area (Å²) >= 11 is 0. The van der Waals surface area contributed by atoms with Gasteiger partial charge in [-0.25, -0.2) is 13.6 Å². The molecule has 3 heterocycles. The van der Waals surface area contributed by atoms with Gasteiger partial charge in [-0.15, -0.1) is 0 Å². The highest BCUT2D eigenvalue weighted by Crippen LogP contribution is 2.24. The second kappa shape index (κ2) is 6.60. The van der Waals surface area contributed by atoms with E-state index in [4.69, 9.17) is 0 Å². The van der Waals surface area contributed by atoms with Crippen molar-refractivity contribution < 1.29 is 17.6 Å². The standard InChI is InChI=1S/C15H20FN5O3S/c1-3-19(2)25(23,24)18-15(22)13-9-17-21-7-5-12(8-14(13)21)20-6-4-11(16)10-20/h5,7-9,11H,3-4,6,10H2,1-2H3,(H,18,22). The zero-order valence-electron chi connectivity index (χ0n) is 14.0. The molecule has 0 saturated carbocycles. The third-order valence-electron chi connectivity index (χ3n) is 4.32. The van der Waals surface area contributed by atoms with E-state index >= 15 is 0 Å². The summed E-state index contributed by atoms with van der Waals surface area (Å²) in [7, 11) is -2.52. The van der Waals surface area contributed by atoms with Gasteiger partial charge in [-0.2, -0.15) is 17.8 Å². The maximum Gasteiger partial charge on any atom is 0.303 e. The molecule has 1 amide bonds. The SMILES string of the molecule is CCN(C)S(=O)(=O)NC(=O)c1cnn2ccc(N3CCC(F)C3)cc12. The third kappa shape index (κ3) is 3.45. The molecular weight excluding hydrogens is 349 g/mol. The fourth-order valence-corrected chi connectivity index (χ4v) is 3.55. The number of amides is 1. The maximum absolute atomic E-state index is 13.4. The van der Waals surface area contributed by atoms with Crippen LogP contribution in [0, 0.1) is 0 Å². The lowest BCUT2D eigenvalue weighted by Gasteiger charge is -2.18. The highest BCUT2D eigenvalue weighted by atomic mass is 32.2. The average molecular weight is 369 g/mol. The van der Waals surface area contributed by atoms with Gasteiger partial charge < -0.3 is 4.90 Å². The van der Waals surface area contributed by atoms with Gasteiger partial charge in [0.25, 0.3) is 5.91 Å². The molecule has 2 aromatic heterocycles. The monoisotopic (exact) mass is 369 g/mol. The van der Waals surface area contributed by atoms with Gasteiger partial charge in [-0.05, 0) is 18.6 Å². The van der Waals surface area contributed by atoms with Gasteiger partial charge in [-0.1, -0.05) is 6.92 Å². The van der Waals surface area contributed by atoms with Crippen LogP contribution in [0.4, 0.5) is 10.1 Å². The minimum Gasteiger partial charge on any atom is -0.368 e. The van der Waals surface area contributed by atoms with Gasteiger partial charge in [-0.3, -0.25) is 4.79 Å². The molecule has 1 unspecified atom stereocenters. The molecule has 1 N–H and O–H groups in total. The summed E-state index contributed by atoms with van der Waals surface area (Å²) < 4.78 is 42.0. The van der Waals surface area contributed by atoms with E-state index in [0.717, 1.165) is 9.99 Å². The molecule has 1 aliphatic heterocycles. The Bertz CT molecular complexity index is 898. The third-order valence-corrected chi connectivity index (χ3v) is 5.85. The molecule has 1 saturated heterocycles. The lowest BCUT2D eigenvalue weighted by Crippen LogP contribution is -2.41. The summed E-state index contributed by atoms with van der Waals surface area (Å²) in [5, 5.41) is 4.07. The van der Waals surface area contributed by atoms with Gasteiger partial charge in [0.1, 0.15) is 6.17 Å². The molecule has 1 atom stereocenters. The van der Waals surface area contributed by atoms with Crippen molar-refractivity contribution in [3.8, 4) is 0 Å². The molecule has 8 nitrogen and oxygen atoms in total. The maximum atomic E-state index is 13.4. The number of fused-ring (bicyclic) bond motifs is 1. The molecule has 136 valence electrons. The summed E-state index contributed by atoms with van der Waals surface area (Å²) in [4.78, 5) is 14.3. The Morgan fingerprint density at radius 2 is 2.28 bits per heavy atom. The molecule has 0 spiro atoms. The van der Waals surface area contributed by atoms with Gasteiger partial charge in [0.05, 0.1) is 17.3 Å². The fourth-order valence-electron chi connectivity index (χ4n) is 2.71. The first-order valence-corrected chi connectivity index (χ1v) is 9.40. The number of anilines is 1. The Kier molecular flexibility index (Phi) is 4.65. The van der Waals surface area contributed by atoms with Gasteiger partial charge >= 0.3 is 10.2 Å². The number of rotatable bonds is 5. The van der Waals surface area contributed by atoms with Crippen LogP contribution in [0.5, 0.6) is 0 Å². The highest BCUT2D eigenvalue weighted by molar-refractivity contribution is 7.87.